The predicted molar refractivity (Wildman–Crippen MR) is 91.5 cm³/mol. The zero-order valence-corrected chi connectivity index (χ0v) is 14.1. The van der Waals surface area contributed by atoms with Crippen molar-refractivity contribution in [3.63, 3.8) is 0 Å². The maximum absolute atomic E-state index is 12.4. The van der Waals surface area contributed by atoms with Gasteiger partial charge >= 0.3 is 0 Å². The van der Waals surface area contributed by atoms with Gasteiger partial charge in [-0.3, -0.25) is 4.79 Å². The Morgan fingerprint density at radius 1 is 1.17 bits per heavy atom. The summed E-state index contributed by atoms with van der Waals surface area (Å²) in [6.45, 7) is 1.68. The second-order valence-electron chi connectivity index (χ2n) is 6.86. The highest BCUT2D eigenvalue weighted by Crippen LogP contribution is 2.31. The van der Waals surface area contributed by atoms with Crippen LogP contribution in [0.3, 0.4) is 0 Å². The number of hydrogen-bond acceptors (Lipinski definition) is 4. The summed E-state index contributed by atoms with van der Waals surface area (Å²) in [7, 11) is 0. The number of aliphatic hydroxyl groups excluding tert-OH is 1. The third kappa shape index (κ3) is 4.41. The topological polar surface area (TPSA) is 67.8 Å². The van der Waals surface area contributed by atoms with E-state index in [1.165, 1.54) is 32.1 Å². The number of benzene rings is 1. The van der Waals surface area contributed by atoms with Crippen LogP contribution in [-0.4, -0.2) is 37.4 Å². The lowest BCUT2D eigenvalue weighted by atomic mass is 9.83. The standard InChI is InChI=1S/C19H27NO4/c21-13-15(10-14-4-2-1-3-5-14)12-20-19(22)16-6-7-17-18(11-16)24-9-8-23-17/h6-7,11,14-15,21H,1-5,8-10,12-13H2,(H,20,22)/t15-/m1/s1. The van der Waals surface area contributed by atoms with Crippen LogP contribution in [0.25, 0.3) is 0 Å². The minimum absolute atomic E-state index is 0.123. The first-order chi connectivity index (χ1) is 11.8. The average molecular weight is 333 g/mol. The van der Waals surface area contributed by atoms with Crippen LogP contribution in [0, 0.1) is 11.8 Å². The number of fused-ring (bicyclic) bond motifs is 1. The average Bonchev–Trinajstić information content (AvgIpc) is 2.65. The van der Waals surface area contributed by atoms with Gasteiger partial charge in [-0.1, -0.05) is 32.1 Å². The fraction of sp³-hybridized carbons (Fsp3) is 0.632. The van der Waals surface area contributed by atoms with Gasteiger partial charge in [0.05, 0.1) is 0 Å². The van der Waals surface area contributed by atoms with Crippen LogP contribution in [0.1, 0.15) is 48.9 Å². The van der Waals surface area contributed by atoms with Crippen LogP contribution in [-0.2, 0) is 0 Å². The molecule has 5 heteroatoms. The molecule has 1 aromatic rings. The first-order valence-electron chi connectivity index (χ1n) is 9.05. The molecule has 2 N–H and O–H groups in total. The molecule has 5 nitrogen and oxygen atoms in total. The number of nitrogens with one attached hydrogen (secondary N) is 1. The van der Waals surface area contributed by atoms with E-state index in [1.807, 2.05) is 0 Å². The van der Waals surface area contributed by atoms with E-state index >= 15 is 0 Å². The van der Waals surface area contributed by atoms with Gasteiger partial charge in [-0.25, -0.2) is 0 Å². The Balaban J connectivity index is 1.51. The molecule has 0 aromatic heterocycles. The minimum atomic E-state index is -0.130. The lowest BCUT2D eigenvalue weighted by molar-refractivity contribution is 0.0931. The summed E-state index contributed by atoms with van der Waals surface area (Å²) < 4.78 is 11.0. The highest BCUT2D eigenvalue weighted by atomic mass is 16.6. The number of hydrogen-bond donors (Lipinski definition) is 2. The molecule has 1 heterocycles. The molecule has 24 heavy (non-hydrogen) atoms. The van der Waals surface area contributed by atoms with Crippen molar-refractivity contribution >= 4 is 5.91 Å². The van der Waals surface area contributed by atoms with Gasteiger partial charge in [-0.05, 0) is 36.5 Å². The van der Waals surface area contributed by atoms with E-state index in [9.17, 15) is 9.90 Å². The number of amides is 1. The van der Waals surface area contributed by atoms with Crippen molar-refractivity contribution in [2.24, 2.45) is 11.8 Å². The van der Waals surface area contributed by atoms with E-state index in [0.717, 1.165) is 6.42 Å². The molecule has 1 aliphatic heterocycles. The van der Waals surface area contributed by atoms with Gasteiger partial charge in [-0.15, -0.1) is 0 Å². The Morgan fingerprint density at radius 3 is 2.67 bits per heavy atom. The Bertz CT molecular complexity index is 554. The van der Waals surface area contributed by atoms with E-state index in [1.54, 1.807) is 18.2 Å². The molecule has 1 aliphatic carbocycles. The highest BCUT2D eigenvalue weighted by molar-refractivity contribution is 5.94. The molecule has 3 rings (SSSR count). The van der Waals surface area contributed by atoms with Crippen molar-refractivity contribution in [1.82, 2.24) is 5.32 Å². The molecule has 1 fully saturated rings. The zero-order chi connectivity index (χ0) is 16.8. The SMILES string of the molecule is O=C(NC[C@H](CO)CC1CCCCC1)c1ccc2c(c1)OCCO2. The molecular weight excluding hydrogens is 306 g/mol. The molecular formula is C19H27NO4. The number of rotatable bonds is 6. The molecule has 0 saturated heterocycles. The predicted octanol–water partition coefficient (Wildman–Crippen LogP) is 2.77. The molecule has 1 aromatic carbocycles. The van der Waals surface area contributed by atoms with Crippen LogP contribution in [0.4, 0.5) is 0 Å². The third-order valence-corrected chi connectivity index (χ3v) is 5.01. The molecule has 1 atom stereocenters. The van der Waals surface area contributed by atoms with Gasteiger partial charge in [0.2, 0.25) is 0 Å². The Labute approximate surface area is 143 Å². The van der Waals surface area contributed by atoms with Crippen molar-refractivity contribution < 1.29 is 19.4 Å². The summed E-state index contributed by atoms with van der Waals surface area (Å²) in [5.41, 5.74) is 0.564. The summed E-state index contributed by atoms with van der Waals surface area (Å²) in [6.07, 6.45) is 7.44. The van der Waals surface area contributed by atoms with Gasteiger partial charge in [-0.2, -0.15) is 0 Å². The normalized spacial score (nSPS) is 18.9. The van der Waals surface area contributed by atoms with Crippen molar-refractivity contribution in [3.05, 3.63) is 23.8 Å². The van der Waals surface area contributed by atoms with E-state index in [4.69, 9.17) is 9.47 Å². The summed E-state index contributed by atoms with van der Waals surface area (Å²) in [6, 6.07) is 5.24. The molecule has 2 aliphatic rings. The Hall–Kier alpha value is -1.75. The number of carbonyl (C=O) groups excluding carboxylic acids is 1. The summed E-state index contributed by atoms with van der Waals surface area (Å²) in [5.74, 6) is 2.00. The van der Waals surface area contributed by atoms with Crippen LogP contribution in [0.5, 0.6) is 11.5 Å². The highest BCUT2D eigenvalue weighted by Gasteiger charge is 2.20. The minimum Gasteiger partial charge on any atom is -0.486 e. The molecule has 0 radical (unpaired) electrons. The van der Waals surface area contributed by atoms with Crippen LogP contribution < -0.4 is 14.8 Å². The molecule has 132 valence electrons. The molecule has 0 bridgehead atoms. The fourth-order valence-electron chi connectivity index (χ4n) is 3.64. The molecule has 1 saturated carbocycles. The number of carbonyl (C=O) groups is 1. The molecule has 1 amide bonds. The van der Waals surface area contributed by atoms with Gasteiger partial charge in [0, 0.05) is 18.7 Å². The fourth-order valence-corrected chi connectivity index (χ4v) is 3.64. The van der Waals surface area contributed by atoms with Crippen LogP contribution in [0.15, 0.2) is 18.2 Å². The maximum atomic E-state index is 12.4. The summed E-state index contributed by atoms with van der Waals surface area (Å²) >= 11 is 0. The summed E-state index contributed by atoms with van der Waals surface area (Å²) in [4.78, 5) is 12.4. The van der Waals surface area contributed by atoms with Gasteiger partial charge in [0.15, 0.2) is 11.5 Å². The van der Waals surface area contributed by atoms with E-state index < -0.39 is 0 Å². The van der Waals surface area contributed by atoms with Crippen LogP contribution >= 0.6 is 0 Å². The largest absolute Gasteiger partial charge is 0.486 e. The Morgan fingerprint density at radius 2 is 1.92 bits per heavy atom. The van der Waals surface area contributed by atoms with Gasteiger partial charge in [0.1, 0.15) is 13.2 Å². The van der Waals surface area contributed by atoms with Crippen molar-refractivity contribution in [2.75, 3.05) is 26.4 Å². The molecule has 0 spiro atoms. The van der Waals surface area contributed by atoms with E-state index in [-0.39, 0.29) is 18.4 Å². The second-order valence-corrected chi connectivity index (χ2v) is 6.86. The monoisotopic (exact) mass is 333 g/mol. The van der Waals surface area contributed by atoms with Gasteiger partial charge < -0.3 is 19.9 Å². The smallest absolute Gasteiger partial charge is 0.251 e. The third-order valence-electron chi connectivity index (χ3n) is 5.01. The van der Waals surface area contributed by atoms with Crippen molar-refractivity contribution in [3.8, 4) is 11.5 Å². The zero-order valence-electron chi connectivity index (χ0n) is 14.1. The van der Waals surface area contributed by atoms with Crippen molar-refractivity contribution in [1.29, 1.82) is 0 Å². The van der Waals surface area contributed by atoms with E-state index in [2.05, 4.69) is 5.32 Å². The van der Waals surface area contributed by atoms with E-state index in [0.29, 0.717) is 42.7 Å². The summed E-state index contributed by atoms with van der Waals surface area (Å²) in [5, 5.41) is 12.6. The quantitative estimate of drug-likeness (QED) is 0.840. The Kier molecular flexibility index (Phi) is 5.96. The lowest BCUT2D eigenvalue weighted by Gasteiger charge is -2.25. The number of ether oxygens (including phenoxy) is 2. The second kappa shape index (κ2) is 8.38. The van der Waals surface area contributed by atoms with Gasteiger partial charge in [0.25, 0.3) is 5.91 Å². The maximum Gasteiger partial charge on any atom is 0.251 e. The van der Waals surface area contributed by atoms with Crippen LogP contribution in [0.2, 0.25) is 0 Å². The molecule has 0 unspecified atom stereocenters. The lowest BCUT2D eigenvalue weighted by Crippen LogP contribution is -2.32. The van der Waals surface area contributed by atoms with Crippen molar-refractivity contribution in [2.45, 2.75) is 38.5 Å². The first kappa shape index (κ1) is 17.1. The number of aliphatic hydroxyl groups is 1. The first-order valence-corrected chi connectivity index (χ1v) is 9.05.